The average molecular weight is 340 g/mol. The van der Waals surface area contributed by atoms with Crippen LogP contribution in [0.15, 0.2) is 42.6 Å². The van der Waals surface area contributed by atoms with Crippen molar-refractivity contribution in [2.75, 3.05) is 39.5 Å². The molecule has 1 saturated heterocycles. The molecule has 4 rings (SSSR count). The van der Waals surface area contributed by atoms with Gasteiger partial charge in [-0.1, -0.05) is 12.1 Å². The van der Waals surface area contributed by atoms with E-state index < -0.39 is 0 Å². The molecule has 1 fully saturated rings. The highest BCUT2D eigenvalue weighted by Crippen LogP contribution is 2.24. The first kappa shape index (κ1) is 15.9. The minimum Gasteiger partial charge on any atom is -0.506 e. The fourth-order valence-electron chi connectivity index (χ4n) is 2.92. The van der Waals surface area contributed by atoms with Crippen LogP contribution in [0.25, 0.3) is 17.0 Å². The molecule has 25 heavy (non-hydrogen) atoms. The second-order valence-corrected chi connectivity index (χ2v) is 5.97. The first-order valence-corrected chi connectivity index (χ1v) is 8.37. The lowest BCUT2D eigenvalue weighted by atomic mass is 10.2. The van der Waals surface area contributed by atoms with Crippen LogP contribution >= 0.6 is 0 Å². The molecular formula is C18H20N4O3. The van der Waals surface area contributed by atoms with Crippen LogP contribution in [-0.4, -0.2) is 64.1 Å². The molecule has 7 heteroatoms. The average Bonchev–Trinajstić information content (AvgIpc) is 3.06. The van der Waals surface area contributed by atoms with Gasteiger partial charge in [0.05, 0.1) is 19.4 Å². The third-order valence-electron chi connectivity index (χ3n) is 4.26. The lowest BCUT2D eigenvalue weighted by Gasteiger charge is -2.26. The predicted molar refractivity (Wildman–Crippen MR) is 92.8 cm³/mol. The quantitative estimate of drug-likeness (QED) is 0.764. The van der Waals surface area contributed by atoms with Gasteiger partial charge in [0.2, 0.25) is 0 Å². The van der Waals surface area contributed by atoms with Gasteiger partial charge < -0.3 is 14.6 Å². The lowest BCUT2D eigenvalue weighted by Crippen LogP contribution is -2.38. The van der Waals surface area contributed by atoms with Crippen LogP contribution in [0.4, 0.5) is 0 Å². The topological polar surface area (TPSA) is 72.1 Å². The molecule has 1 N–H and O–H groups in total. The number of hydrogen-bond donors (Lipinski definition) is 1. The number of aromatic hydroxyl groups is 1. The molecule has 0 bridgehead atoms. The van der Waals surface area contributed by atoms with Crippen LogP contribution in [0.2, 0.25) is 0 Å². The van der Waals surface area contributed by atoms with E-state index in [2.05, 4.69) is 15.1 Å². The number of aromatic nitrogens is 3. The van der Waals surface area contributed by atoms with Gasteiger partial charge in [-0.2, -0.15) is 0 Å². The maximum absolute atomic E-state index is 9.70. The monoisotopic (exact) mass is 340 g/mol. The molecule has 7 nitrogen and oxygen atoms in total. The van der Waals surface area contributed by atoms with Crippen LogP contribution in [0.1, 0.15) is 0 Å². The number of morpholine rings is 1. The minimum atomic E-state index is 0.173. The van der Waals surface area contributed by atoms with E-state index in [1.54, 1.807) is 22.7 Å². The Morgan fingerprint density at radius 1 is 1.12 bits per heavy atom. The summed E-state index contributed by atoms with van der Waals surface area (Å²) in [4.78, 5) is 2.34. The highest BCUT2D eigenvalue weighted by atomic mass is 16.5. The van der Waals surface area contributed by atoms with Crippen molar-refractivity contribution in [1.82, 2.24) is 19.5 Å². The summed E-state index contributed by atoms with van der Waals surface area (Å²) < 4.78 is 13.0. The molecule has 1 aliphatic heterocycles. The Labute approximate surface area is 145 Å². The normalized spacial score (nSPS) is 15.5. The van der Waals surface area contributed by atoms with Crippen molar-refractivity contribution in [2.45, 2.75) is 0 Å². The molecule has 1 aromatic carbocycles. The van der Waals surface area contributed by atoms with Gasteiger partial charge in [-0.25, -0.2) is 0 Å². The highest BCUT2D eigenvalue weighted by molar-refractivity contribution is 5.61. The summed E-state index contributed by atoms with van der Waals surface area (Å²) in [5.41, 5.74) is 1.58. The van der Waals surface area contributed by atoms with Crippen LogP contribution in [0.5, 0.6) is 11.5 Å². The summed E-state index contributed by atoms with van der Waals surface area (Å²) in [5, 5.41) is 18.1. The molecule has 0 saturated carbocycles. The van der Waals surface area contributed by atoms with E-state index in [9.17, 15) is 5.11 Å². The van der Waals surface area contributed by atoms with E-state index in [-0.39, 0.29) is 5.75 Å². The predicted octanol–water partition coefficient (Wildman–Crippen LogP) is 1.81. The van der Waals surface area contributed by atoms with Gasteiger partial charge >= 0.3 is 0 Å². The SMILES string of the molecule is Oc1ccc2nnc(-c3cccc(OCCN4CCOCC4)c3)n2c1. The summed E-state index contributed by atoms with van der Waals surface area (Å²) in [6.07, 6.45) is 1.61. The van der Waals surface area contributed by atoms with E-state index in [1.165, 1.54) is 0 Å². The molecular weight excluding hydrogens is 320 g/mol. The third kappa shape index (κ3) is 3.57. The smallest absolute Gasteiger partial charge is 0.168 e. The molecule has 130 valence electrons. The second-order valence-electron chi connectivity index (χ2n) is 5.97. The number of fused-ring (bicyclic) bond motifs is 1. The van der Waals surface area contributed by atoms with E-state index in [0.717, 1.165) is 44.2 Å². The van der Waals surface area contributed by atoms with Crippen molar-refractivity contribution in [2.24, 2.45) is 0 Å². The third-order valence-corrected chi connectivity index (χ3v) is 4.26. The Kier molecular flexibility index (Phi) is 4.49. The zero-order valence-electron chi connectivity index (χ0n) is 13.8. The molecule has 0 amide bonds. The molecule has 0 spiro atoms. The lowest BCUT2D eigenvalue weighted by molar-refractivity contribution is 0.0322. The van der Waals surface area contributed by atoms with Crippen LogP contribution in [-0.2, 0) is 4.74 Å². The molecule has 0 aliphatic carbocycles. The van der Waals surface area contributed by atoms with Gasteiger partial charge in [-0.05, 0) is 24.3 Å². The number of hydrogen-bond acceptors (Lipinski definition) is 6. The van der Waals surface area contributed by atoms with Gasteiger partial charge in [0.1, 0.15) is 18.1 Å². The Hall–Kier alpha value is -2.64. The summed E-state index contributed by atoms with van der Waals surface area (Å²) in [6.45, 7) is 5.02. The van der Waals surface area contributed by atoms with Crippen molar-refractivity contribution in [3.63, 3.8) is 0 Å². The van der Waals surface area contributed by atoms with Gasteiger partial charge in [0, 0.05) is 25.2 Å². The van der Waals surface area contributed by atoms with E-state index in [4.69, 9.17) is 9.47 Å². The second kappa shape index (κ2) is 7.08. The number of benzene rings is 1. The standard InChI is InChI=1S/C18H20N4O3/c23-15-4-5-17-19-20-18(22(17)13-15)14-2-1-3-16(12-14)25-11-8-21-6-9-24-10-7-21/h1-5,12-13,23H,6-11H2. The fraction of sp³-hybridized carbons (Fsp3) is 0.333. The van der Waals surface area contributed by atoms with Gasteiger partial charge in [0.25, 0.3) is 0 Å². The largest absolute Gasteiger partial charge is 0.506 e. The zero-order valence-corrected chi connectivity index (χ0v) is 13.8. The summed E-state index contributed by atoms with van der Waals surface area (Å²) in [6, 6.07) is 11.1. The van der Waals surface area contributed by atoms with Gasteiger partial charge in [0.15, 0.2) is 11.5 Å². The van der Waals surface area contributed by atoms with Crippen molar-refractivity contribution >= 4 is 5.65 Å². The van der Waals surface area contributed by atoms with Crippen LogP contribution < -0.4 is 4.74 Å². The Bertz CT molecular complexity index is 858. The molecule has 1 aliphatic rings. The summed E-state index contributed by atoms with van der Waals surface area (Å²) in [5.74, 6) is 1.64. The van der Waals surface area contributed by atoms with Gasteiger partial charge in [-0.15, -0.1) is 10.2 Å². The number of ether oxygens (including phenoxy) is 2. The highest BCUT2D eigenvalue weighted by Gasteiger charge is 2.11. The maximum Gasteiger partial charge on any atom is 0.168 e. The van der Waals surface area contributed by atoms with Crippen molar-refractivity contribution in [3.05, 3.63) is 42.6 Å². The molecule has 3 heterocycles. The first-order chi connectivity index (χ1) is 12.3. The molecule has 2 aromatic heterocycles. The van der Waals surface area contributed by atoms with Crippen molar-refractivity contribution in [3.8, 4) is 22.9 Å². The van der Waals surface area contributed by atoms with Crippen LogP contribution in [0.3, 0.4) is 0 Å². The molecule has 0 unspecified atom stereocenters. The minimum absolute atomic E-state index is 0.173. The fourth-order valence-corrected chi connectivity index (χ4v) is 2.92. The summed E-state index contributed by atoms with van der Waals surface area (Å²) >= 11 is 0. The number of nitrogens with zero attached hydrogens (tertiary/aromatic N) is 4. The van der Waals surface area contributed by atoms with Crippen molar-refractivity contribution in [1.29, 1.82) is 0 Å². The Morgan fingerprint density at radius 2 is 2.00 bits per heavy atom. The number of pyridine rings is 1. The van der Waals surface area contributed by atoms with Crippen molar-refractivity contribution < 1.29 is 14.6 Å². The number of rotatable bonds is 5. The van der Waals surface area contributed by atoms with Gasteiger partial charge in [-0.3, -0.25) is 9.30 Å². The van der Waals surface area contributed by atoms with E-state index >= 15 is 0 Å². The Balaban J connectivity index is 1.48. The maximum atomic E-state index is 9.70. The molecule has 0 atom stereocenters. The van der Waals surface area contributed by atoms with E-state index in [0.29, 0.717) is 18.1 Å². The first-order valence-electron chi connectivity index (χ1n) is 8.37. The Morgan fingerprint density at radius 3 is 2.88 bits per heavy atom. The zero-order chi connectivity index (χ0) is 17.1. The molecule has 3 aromatic rings. The molecule has 0 radical (unpaired) electrons. The summed E-state index contributed by atoms with van der Waals surface area (Å²) in [7, 11) is 0. The van der Waals surface area contributed by atoms with E-state index in [1.807, 2.05) is 24.3 Å². The van der Waals surface area contributed by atoms with Crippen LogP contribution in [0, 0.1) is 0 Å².